The number of β-lactam (4-membered cyclic amide) rings is 1. The Morgan fingerprint density at radius 3 is 2.78 bits per heavy atom. The summed E-state index contributed by atoms with van der Waals surface area (Å²) in [5.41, 5.74) is -0.688. The Hall–Kier alpha value is -2.99. The van der Waals surface area contributed by atoms with Crippen LogP contribution in [0.25, 0.3) is 6.08 Å². The standard InChI is InChI=1S/C14H9N3O5S/c15-6-8-7-23(21,22)13-10(5-9-3-1-2-4-16-9)12(18)17(13)11(8)14(19)20/h1-5,13H,7H2,(H,19,20)/b10-5-/t13-/m1/s1. The summed E-state index contributed by atoms with van der Waals surface area (Å²) in [4.78, 5) is 28.2. The topological polar surface area (TPSA) is 128 Å². The van der Waals surface area contributed by atoms with Crippen molar-refractivity contribution in [2.75, 3.05) is 5.75 Å². The molecule has 0 unspecified atom stereocenters. The molecule has 2 aliphatic heterocycles. The maximum absolute atomic E-state index is 12.3. The highest BCUT2D eigenvalue weighted by atomic mass is 32.2. The van der Waals surface area contributed by atoms with Gasteiger partial charge in [0.2, 0.25) is 0 Å². The fraction of sp³-hybridized carbons (Fsp3) is 0.143. The molecule has 1 amide bonds. The first-order valence-corrected chi connectivity index (χ1v) is 8.12. The van der Waals surface area contributed by atoms with E-state index in [0.29, 0.717) is 10.6 Å². The van der Waals surface area contributed by atoms with Crippen molar-refractivity contribution in [3.8, 4) is 6.07 Å². The van der Waals surface area contributed by atoms with E-state index < -0.39 is 44.1 Å². The van der Waals surface area contributed by atoms with E-state index in [-0.39, 0.29) is 5.57 Å². The van der Waals surface area contributed by atoms with E-state index >= 15 is 0 Å². The molecule has 116 valence electrons. The van der Waals surface area contributed by atoms with Gasteiger partial charge in [-0.1, -0.05) is 6.07 Å². The number of hydrogen-bond acceptors (Lipinski definition) is 6. The van der Waals surface area contributed by atoms with Crippen LogP contribution in [0.2, 0.25) is 0 Å². The van der Waals surface area contributed by atoms with Gasteiger partial charge in [0.05, 0.1) is 28.7 Å². The number of aromatic nitrogens is 1. The van der Waals surface area contributed by atoms with Gasteiger partial charge in [-0.25, -0.2) is 13.2 Å². The van der Waals surface area contributed by atoms with Crippen LogP contribution in [0.3, 0.4) is 0 Å². The molecule has 3 rings (SSSR count). The number of aliphatic carboxylic acids is 1. The van der Waals surface area contributed by atoms with Crippen LogP contribution >= 0.6 is 0 Å². The highest BCUT2D eigenvalue weighted by Gasteiger charge is 2.56. The van der Waals surface area contributed by atoms with Gasteiger partial charge in [0.15, 0.2) is 15.2 Å². The van der Waals surface area contributed by atoms with Crippen LogP contribution in [0, 0.1) is 11.3 Å². The summed E-state index contributed by atoms with van der Waals surface area (Å²) in [7, 11) is -3.89. The molecule has 0 spiro atoms. The van der Waals surface area contributed by atoms with Crippen LogP contribution in [0.5, 0.6) is 0 Å². The zero-order chi connectivity index (χ0) is 16.8. The number of hydrogen-bond donors (Lipinski definition) is 1. The molecular weight excluding hydrogens is 322 g/mol. The fourth-order valence-corrected chi connectivity index (χ4v) is 4.40. The van der Waals surface area contributed by atoms with Gasteiger partial charge in [-0.2, -0.15) is 5.26 Å². The van der Waals surface area contributed by atoms with Gasteiger partial charge in [0, 0.05) is 6.20 Å². The molecule has 8 nitrogen and oxygen atoms in total. The number of nitrogens with zero attached hydrogens (tertiary/aromatic N) is 3. The maximum Gasteiger partial charge on any atom is 0.353 e. The first-order valence-electron chi connectivity index (χ1n) is 6.41. The zero-order valence-corrected chi connectivity index (χ0v) is 12.3. The number of sulfone groups is 1. The molecule has 9 heteroatoms. The van der Waals surface area contributed by atoms with E-state index in [1.54, 1.807) is 24.3 Å². The monoisotopic (exact) mass is 331 g/mol. The number of pyridine rings is 1. The van der Waals surface area contributed by atoms with Crippen molar-refractivity contribution < 1.29 is 23.1 Å². The number of fused-ring (bicyclic) bond motifs is 1. The molecule has 1 N–H and O–H groups in total. The lowest BCUT2D eigenvalue weighted by atomic mass is 10.0. The Labute approximate surface area is 130 Å². The average molecular weight is 331 g/mol. The molecule has 0 radical (unpaired) electrons. The molecule has 0 aliphatic carbocycles. The van der Waals surface area contributed by atoms with Crippen LogP contribution in [-0.4, -0.2) is 46.4 Å². The van der Waals surface area contributed by atoms with Crippen LogP contribution in [-0.2, 0) is 19.4 Å². The SMILES string of the molecule is N#CC1=C(C(=O)O)N2C(=O)/C(=C/c3ccccn3)[C@H]2S(=O)(=O)C1. The minimum absolute atomic E-state index is 0.0561. The second-order valence-corrected chi connectivity index (χ2v) is 6.99. The predicted molar refractivity (Wildman–Crippen MR) is 76.9 cm³/mol. The Balaban J connectivity index is 2.13. The minimum atomic E-state index is -3.89. The van der Waals surface area contributed by atoms with Crippen LogP contribution in [0.4, 0.5) is 0 Å². The lowest BCUT2D eigenvalue weighted by Gasteiger charge is -2.44. The van der Waals surface area contributed by atoms with Crippen LogP contribution in [0.1, 0.15) is 5.69 Å². The van der Waals surface area contributed by atoms with E-state index in [0.717, 1.165) is 0 Å². The van der Waals surface area contributed by atoms with Gasteiger partial charge in [-0.05, 0) is 18.2 Å². The summed E-state index contributed by atoms with van der Waals surface area (Å²) in [5.74, 6) is -2.97. The lowest BCUT2D eigenvalue weighted by molar-refractivity contribution is -0.141. The number of amides is 1. The van der Waals surface area contributed by atoms with Crippen molar-refractivity contribution in [1.82, 2.24) is 9.88 Å². The quantitative estimate of drug-likeness (QED) is 0.593. The van der Waals surface area contributed by atoms with E-state index in [4.69, 9.17) is 5.26 Å². The lowest BCUT2D eigenvalue weighted by Crippen LogP contribution is -2.62. The zero-order valence-electron chi connectivity index (χ0n) is 11.5. The van der Waals surface area contributed by atoms with Crippen molar-refractivity contribution in [2.24, 2.45) is 0 Å². The summed E-state index contributed by atoms with van der Waals surface area (Å²) in [6.45, 7) is 0. The maximum atomic E-state index is 12.3. The number of carbonyl (C=O) groups is 2. The second kappa shape index (κ2) is 5.03. The Morgan fingerprint density at radius 2 is 2.22 bits per heavy atom. The molecule has 3 heterocycles. The van der Waals surface area contributed by atoms with Crippen LogP contribution in [0.15, 0.2) is 41.2 Å². The van der Waals surface area contributed by atoms with Crippen molar-refractivity contribution >= 4 is 27.8 Å². The molecule has 1 aromatic rings. The summed E-state index contributed by atoms with van der Waals surface area (Å²) < 4.78 is 24.6. The fourth-order valence-electron chi connectivity index (χ4n) is 2.56. The third kappa shape index (κ3) is 2.20. The third-order valence-corrected chi connectivity index (χ3v) is 5.34. The van der Waals surface area contributed by atoms with Gasteiger partial charge in [-0.3, -0.25) is 14.7 Å². The Morgan fingerprint density at radius 1 is 1.48 bits per heavy atom. The molecule has 1 fully saturated rings. The molecule has 0 saturated carbocycles. The molecule has 2 aliphatic rings. The molecular formula is C14H9N3O5S. The summed E-state index contributed by atoms with van der Waals surface area (Å²) in [6.07, 6.45) is 2.80. The molecule has 1 aromatic heterocycles. The van der Waals surface area contributed by atoms with E-state index in [9.17, 15) is 23.1 Å². The molecule has 0 bridgehead atoms. The second-order valence-electron chi connectivity index (χ2n) is 4.93. The van der Waals surface area contributed by atoms with Gasteiger partial charge in [0.1, 0.15) is 5.70 Å². The minimum Gasteiger partial charge on any atom is -0.477 e. The smallest absolute Gasteiger partial charge is 0.353 e. The van der Waals surface area contributed by atoms with Gasteiger partial charge in [0.25, 0.3) is 5.91 Å². The van der Waals surface area contributed by atoms with E-state index in [1.807, 2.05) is 0 Å². The van der Waals surface area contributed by atoms with E-state index in [1.165, 1.54) is 12.3 Å². The Kier molecular flexibility index (Phi) is 3.26. The highest BCUT2D eigenvalue weighted by molar-refractivity contribution is 7.92. The van der Waals surface area contributed by atoms with Gasteiger partial charge >= 0.3 is 5.97 Å². The van der Waals surface area contributed by atoms with Crippen LogP contribution < -0.4 is 0 Å². The number of carboxylic acids is 1. The summed E-state index contributed by atoms with van der Waals surface area (Å²) in [5, 5.41) is 16.8. The molecule has 1 atom stereocenters. The number of nitriles is 1. The van der Waals surface area contributed by atoms with Gasteiger partial charge in [-0.15, -0.1) is 0 Å². The van der Waals surface area contributed by atoms with Crippen molar-refractivity contribution in [3.05, 3.63) is 46.9 Å². The summed E-state index contributed by atoms with van der Waals surface area (Å²) in [6, 6.07) is 6.48. The number of carboxylic acid groups (broad SMARTS) is 1. The first kappa shape index (κ1) is 14.9. The third-order valence-electron chi connectivity index (χ3n) is 3.51. The normalized spacial score (nSPS) is 24.0. The largest absolute Gasteiger partial charge is 0.477 e. The number of carbonyl (C=O) groups excluding carboxylic acids is 1. The Bertz CT molecular complexity index is 925. The molecule has 23 heavy (non-hydrogen) atoms. The predicted octanol–water partition coefficient (Wildman–Crippen LogP) is -0.0760. The van der Waals surface area contributed by atoms with Gasteiger partial charge < -0.3 is 5.11 Å². The summed E-state index contributed by atoms with van der Waals surface area (Å²) >= 11 is 0. The molecule has 1 saturated heterocycles. The molecule has 0 aromatic carbocycles. The average Bonchev–Trinajstić information content (AvgIpc) is 2.51. The van der Waals surface area contributed by atoms with Crippen molar-refractivity contribution in [2.45, 2.75) is 5.37 Å². The first-order chi connectivity index (χ1) is 10.9. The van der Waals surface area contributed by atoms with E-state index in [2.05, 4.69) is 4.98 Å². The number of rotatable bonds is 2. The highest BCUT2D eigenvalue weighted by Crippen LogP contribution is 2.40. The van der Waals surface area contributed by atoms with Crippen molar-refractivity contribution in [1.29, 1.82) is 5.26 Å². The van der Waals surface area contributed by atoms with Crippen molar-refractivity contribution in [3.63, 3.8) is 0 Å².